The van der Waals surface area contributed by atoms with Crippen molar-refractivity contribution in [1.82, 2.24) is 4.90 Å². The lowest BCUT2D eigenvalue weighted by molar-refractivity contribution is -0.120. The molecule has 0 spiro atoms. The molecule has 9 heteroatoms. The Hall–Kier alpha value is -3.29. The normalized spacial score (nSPS) is 19.5. The fourth-order valence-corrected chi connectivity index (χ4v) is 7.26. The Balaban J connectivity index is 1.57. The van der Waals surface area contributed by atoms with Gasteiger partial charge in [0.05, 0.1) is 22.8 Å². The van der Waals surface area contributed by atoms with Crippen molar-refractivity contribution in [3.05, 3.63) is 74.5 Å². The van der Waals surface area contributed by atoms with Gasteiger partial charge in [-0.05, 0) is 59.9 Å². The van der Waals surface area contributed by atoms with E-state index in [0.29, 0.717) is 46.0 Å². The first-order valence-electron chi connectivity index (χ1n) is 15.1. The monoisotopic (exact) mass is 638 g/mol. The lowest BCUT2D eigenvalue weighted by Gasteiger charge is -2.49. The number of nitrogens with zero attached hydrogens (tertiary/aromatic N) is 1. The first kappa shape index (κ1) is 32.1. The van der Waals surface area contributed by atoms with Crippen LogP contribution in [0.3, 0.4) is 0 Å². The largest absolute Gasteiger partial charge is 0.493 e. The minimum atomic E-state index is -0.565. The number of nitrogens with one attached hydrogen (secondary N) is 1. The Kier molecular flexibility index (Phi) is 8.94. The van der Waals surface area contributed by atoms with Gasteiger partial charge in [-0.2, -0.15) is 0 Å². The maximum absolute atomic E-state index is 14.0. The maximum Gasteiger partial charge on any atom is 0.262 e. The Bertz CT molecular complexity index is 1540. The lowest BCUT2D eigenvalue weighted by atomic mass is 9.63. The standard InChI is InChI=1S/C35H40Cl2N2O5/c1-7-12-39-24-15-34(2,3)17-26(40)31(24)30(32-25(39)16-35(4,5)18-27(32)41)20-13-22(37)33(28(14-20)43-6)44-19-29(42)38-23-11-9-8-10-21(23)36/h8-11,13-14,30H,7,12,15-19H2,1-6H3,(H,38,42). The van der Waals surface area contributed by atoms with Crippen LogP contribution in [-0.2, 0) is 14.4 Å². The third-order valence-corrected chi connectivity index (χ3v) is 9.16. The van der Waals surface area contributed by atoms with Crippen molar-refractivity contribution in [3.8, 4) is 11.5 Å². The number of allylic oxidation sites excluding steroid dienone is 4. The summed E-state index contributed by atoms with van der Waals surface area (Å²) in [7, 11) is 1.49. The molecule has 5 rings (SSSR count). The Morgan fingerprint density at radius 3 is 2.07 bits per heavy atom. The van der Waals surface area contributed by atoms with Crippen molar-refractivity contribution in [2.75, 3.05) is 25.6 Å². The van der Waals surface area contributed by atoms with Crippen molar-refractivity contribution in [2.45, 2.75) is 72.6 Å². The van der Waals surface area contributed by atoms with Gasteiger partial charge in [0.1, 0.15) is 0 Å². The number of benzene rings is 2. The van der Waals surface area contributed by atoms with Crippen molar-refractivity contribution >= 4 is 46.4 Å². The Morgan fingerprint density at radius 1 is 0.932 bits per heavy atom. The molecule has 2 aromatic rings. The topological polar surface area (TPSA) is 84.9 Å². The first-order chi connectivity index (χ1) is 20.7. The summed E-state index contributed by atoms with van der Waals surface area (Å²) in [6.45, 7) is 11.0. The van der Waals surface area contributed by atoms with E-state index in [1.54, 1.807) is 36.4 Å². The molecule has 0 bridgehead atoms. The van der Waals surface area contributed by atoms with E-state index in [4.69, 9.17) is 32.7 Å². The second-order valence-corrected chi connectivity index (χ2v) is 14.4. The van der Waals surface area contributed by atoms with Gasteiger partial charge in [-0.15, -0.1) is 0 Å². The van der Waals surface area contributed by atoms with Crippen LogP contribution >= 0.6 is 23.2 Å². The second kappa shape index (κ2) is 12.2. The summed E-state index contributed by atoms with van der Waals surface area (Å²) in [5, 5.41) is 3.36. The molecule has 0 saturated heterocycles. The van der Waals surface area contributed by atoms with Gasteiger partial charge < -0.3 is 19.7 Å². The number of rotatable bonds is 8. The highest BCUT2D eigenvalue weighted by Crippen LogP contribution is 2.55. The van der Waals surface area contributed by atoms with Crippen LogP contribution in [0.15, 0.2) is 58.9 Å². The van der Waals surface area contributed by atoms with Crippen LogP contribution in [0.5, 0.6) is 11.5 Å². The number of ketones is 2. The quantitative estimate of drug-likeness (QED) is 0.314. The van der Waals surface area contributed by atoms with Crippen molar-refractivity contribution in [2.24, 2.45) is 10.8 Å². The maximum atomic E-state index is 14.0. The summed E-state index contributed by atoms with van der Waals surface area (Å²) in [5.74, 6) is -0.364. The highest BCUT2D eigenvalue weighted by atomic mass is 35.5. The third-order valence-electron chi connectivity index (χ3n) is 8.55. The zero-order chi connectivity index (χ0) is 32.0. The van der Waals surface area contributed by atoms with Crippen LogP contribution in [0.1, 0.15) is 78.2 Å². The van der Waals surface area contributed by atoms with Crippen molar-refractivity contribution in [1.29, 1.82) is 0 Å². The summed E-state index contributed by atoms with van der Waals surface area (Å²) in [6, 6.07) is 10.4. The van der Waals surface area contributed by atoms with Gasteiger partial charge in [-0.3, -0.25) is 14.4 Å². The number of para-hydroxylation sites is 1. The molecule has 1 N–H and O–H groups in total. The number of hydrogen-bond acceptors (Lipinski definition) is 6. The Morgan fingerprint density at radius 2 is 1.52 bits per heavy atom. The number of carbonyl (C=O) groups is 3. The molecule has 0 saturated carbocycles. The third kappa shape index (κ3) is 6.27. The molecule has 44 heavy (non-hydrogen) atoms. The van der Waals surface area contributed by atoms with E-state index in [0.717, 1.165) is 37.2 Å². The van der Waals surface area contributed by atoms with Gasteiger partial charge in [-0.1, -0.05) is 70.0 Å². The molecule has 2 aliphatic carbocycles. The summed E-state index contributed by atoms with van der Waals surface area (Å²) in [6.07, 6.45) is 3.16. The number of ether oxygens (including phenoxy) is 2. The molecule has 0 fully saturated rings. The molecule has 3 aliphatic rings. The van der Waals surface area contributed by atoms with Crippen LogP contribution < -0.4 is 14.8 Å². The van der Waals surface area contributed by atoms with Crippen LogP contribution in [0.4, 0.5) is 5.69 Å². The van der Waals surface area contributed by atoms with E-state index in [9.17, 15) is 14.4 Å². The zero-order valence-corrected chi connectivity index (χ0v) is 27.7. The minimum absolute atomic E-state index is 0.0539. The van der Waals surface area contributed by atoms with Gasteiger partial charge in [0, 0.05) is 47.8 Å². The fraction of sp³-hybridized carbons (Fsp3) is 0.457. The van der Waals surface area contributed by atoms with Gasteiger partial charge in [0.25, 0.3) is 5.91 Å². The van der Waals surface area contributed by atoms with E-state index in [1.165, 1.54) is 7.11 Å². The van der Waals surface area contributed by atoms with Crippen LogP contribution in [0, 0.1) is 10.8 Å². The van der Waals surface area contributed by atoms with Crippen LogP contribution in [0.2, 0.25) is 10.0 Å². The highest BCUT2D eigenvalue weighted by molar-refractivity contribution is 6.33. The number of Topliss-reactive ketones (excluding diaryl/α,β-unsaturated/α-hetero) is 2. The zero-order valence-electron chi connectivity index (χ0n) is 26.2. The Labute approximate surface area is 269 Å². The predicted molar refractivity (Wildman–Crippen MR) is 173 cm³/mol. The number of anilines is 1. The lowest BCUT2D eigenvalue weighted by Crippen LogP contribution is -2.44. The smallest absolute Gasteiger partial charge is 0.262 e. The van der Waals surface area contributed by atoms with Gasteiger partial charge >= 0.3 is 0 Å². The average molecular weight is 640 g/mol. The molecular weight excluding hydrogens is 599 g/mol. The van der Waals surface area contributed by atoms with E-state index < -0.39 is 11.8 Å². The number of hydrogen-bond donors (Lipinski definition) is 1. The summed E-state index contributed by atoms with van der Waals surface area (Å²) in [5.41, 5.74) is 4.14. The molecule has 7 nitrogen and oxygen atoms in total. The van der Waals surface area contributed by atoms with E-state index in [2.05, 4.69) is 44.8 Å². The molecule has 0 unspecified atom stereocenters. The van der Waals surface area contributed by atoms with Crippen molar-refractivity contribution in [3.63, 3.8) is 0 Å². The molecule has 234 valence electrons. The molecule has 1 heterocycles. The van der Waals surface area contributed by atoms with Crippen LogP contribution in [0.25, 0.3) is 0 Å². The predicted octanol–water partition coefficient (Wildman–Crippen LogP) is 8.12. The molecule has 1 aliphatic heterocycles. The van der Waals surface area contributed by atoms with E-state index in [1.807, 2.05) is 0 Å². The van der Waals surface area contributed by atoms with E-state index >= 15 is 0 Å². The summed E-state index contributed by atoms with van der Waals surface area (Å²) < 4.78 is 11.6. The molecule has 2 aromatic carbocycles. The minimum Gasteiger partial charge on any atom is -0.493 e. The SMILES string of the molecule is CCCN1C2=C(C(=O)CC(C)(C)C2)C(c2cc(Cl)c(OCC(=O)Nc3ccccc3Cl)c(OC)c2)C2=C1CC(C)(C)CC2=O. The number of carbonyl (C=O) groups excluding carboxylic acids is 3. The molecule has 0 aromatic heterocycles. The highest BCUT2D eigenvalue weighted by Gasteiger charge is 2.49. The van der Waals surface area contributed by atoms with Crippen LogP contribution in [-0.4, -0.2) is 42.6 Å². The first-order valence-corrected chi connectivity index (χ1v) is 15.9. The molecule has 0 atom stereocenters. The molecular formula is C35H40Cl2N2O5. The molecule has 1 amide bonds. The van der Waals surface area contributed by atoms with Gasteiger partial charge in [-0.25, -0.2) is 0 Å². The summed E-state index contributed by atoms with van der Waals surface area (Å²) >= 11 is 13.0. The molecule has 0 radical (unpaired) electrons. The number of halogens is 2. The number of methoxy groups -OCH3 is 1. The fourth-order valence-electron chi connectivity index (χ4n) is 6.81. The van der Waals surface area contributed by atoms with E-state index in [-0.39, 0.29) is 39.8 Å². The average Bonchev–Trinajstić information content (AvgIpc) is 2.92. The summed E-state index contributed by atoms with van der Waals surface area (Å²) in [4.78, 5) is 42.9. The van der Waals surface area contributed by atoms with Crippen molar-refractivity contribution < 1.29 is 23.9 Å². The number of amides is 1. The second-order valence-electron chi connectivity index (χ2n) is 13.5. The van der Waals surface area contributed by atoms with Gasteiger partial charge in [0.15, 0.2) is 29.7 Å². The van der Waals surface area contributed by atoms with Gasteiger partial charge in [0.2, 0.25) is 0 Å².